The molecule has 19 heavy (non-hydrogen) atoms. The van der Waals surface area contributed by atoms with Crippen LogP contribution in [-0.4, -0.2) is 17.3 Å². The minimum absolute atomic E-state index is 0.0804. The Kier molecular flexibility index (Phi) is 4.19. The monoisotopic (exact) mass is 260 g/mol. The molecule has 1 aromatic rings. The second-order valence-electron chi connectivity index (χ2n) is 6.10. The van der Waals surface area contributed by atoms with E-state index in [0.29, 0.717) is 5.92 Å². The Morgan fingerprint density at radius 1 is 0.947 bits per heavy atom. The van der Waals surface area contributed by atoms with Crippen LogP contribution in [0.3, 0.4) is 0 Å². The molecule has 0 unspecified atom stereocenters. The summed E-state index contributed by atoms with van der Waals surface area (Å²) in [5.41, 5.74) is 1.21. The first-order chi connectivity index (χ1) is 9.33. The topological polar surface area (TPSA) is 29.5 Å². The van der Waals surface area contributed by atoms with Crippen LogP contribution in [0.15, 0.2) is 30.3 Å². The molecule has 104 valence electrons. The van der Waals surface area contributed by atoms with Gasteiger partial charge in [0.1, 0.15) is 0 Å². The molecule has 2 heteroatoms. The molecule has 2 fully saturated rings. The summed E-state index contributed by atoms with van der Waals surface area (Å²) in [4.78, 5) is 0. The van der Waals surface area contributed by atoms with Crippen LogP contribution in [0.1, 0.15) is 56.6 Å². The SMILES string of the molecule is O[C@H]1C[C@@H](C2CCCCC2)O[C@@H](c2ccccc2)C1. The summed E-state index contributed by atoms with van der Waals surface area (Å²) < 4.78 is 6.32. The van der Waals surface area contributed by atoms with E-state index in [1.165, 1.54) is 37.7 Å². The van der Waals surface area contributed by atoms with Crippen LogP contribution < -0.4 is 0 Å². The molecular formula is C17H24O2. The van der Waals surface area contributed by atoms with E-state index in [1.54, 1.807) is 0 Å². The third-order valence-corrected chi connectivity index (χ3v) is 4.68. The van der Waals surface area contributed by atoms with Gasteiger partial charge in [-0.25, -0.2) is 0 Å². The maximum absolute atomic E-state index is 10.2. The van der Waals surface area contributed by atoms with E-state index in [-0.39, 0.29) is 18.3 Å². The Morgan fingerprint density at radius 3 is 2.42 bits per heavy atom. The summed E-state index contributed by atoms with van der Waals surface area (Å²) in [6.07, 6.45) is 8.29. The van der Waals surface area contributed by atoms with Gasteiger partial charge in [-0.2, -0.15) is 0 Å². The minimum Gasteiger partial charge on any atom is -0.393 e. The van der Waals surface area contributed by atoms with Crippen LogP contribution >= 0.6 is 0 Å². The van der Waals surface area contributed by atoms with Crippen molar-refractivity contribution in [3.8, 4) is 0 Å². The number of ether oxygens (including phenoxy) is 1. The first-order valence-corrected chi connectivity index (χ1v) is 7.71. The Morgan fingerprint density at radius 2 is 1.68 bits per heavy atom. The van der Waals surface area contributed by atoms with Gasteiger partial charge in [0, 0.05) is 6.42 Å². The van der Waals surface area contributed by atoms with E-state index in [0.717, 1.165) is 12.8 Å². The van der Waals surface area contributed by atoms with Gasteiger partial charge in [-0.15, -0.1) is 0 Å². The molecule has 0 radical (unpaired) electrons. The number of aliphatic hydroxyl groups excluding tert-OH is 1. The van der Waals surface area contributed by atoms with Gasteiger partial charge in [0.05, 0.1) is 18.3 Å². The number of hydrogen-bond acceptors (Lipinski definition) is 2. The Bertz CT molecular complexity index is 384. The van der Waals surface area contributed by atoms with Crippen molar-refractivity contribution in [3.63, 3.8) is 0 Å². The van der Waals surface area contributed by atoms with Crippen LogP contribution in [0.2, 0.25) is 0 Å². The van der Waals surface area contributed by atoms with E-state index in [4.69, 9.17) is 4.74 Å². The minimum atomic E-state index is -0.203. The zero-order chi connectivity index (χ0) is 13.1. The summed E-state index contributed by atoms with van der Waals surface area (Å²) in [5, 5.41) is 10.2. The van der Waals surface area contributed by atoms with Gasteiger partial charge < -0.3 is 9.84 Å². The van der Waals surface area contributed by atoms with Gasteiger partial charge in [0.2, 0.25) is 0 Å². The smallest absolute Gasteiger partial charge is 0.0853 e. The summed E-state index contributed by atoms with van der Waals surface area (Å²) in [6.45, 7) is 0. The van der Waals surface area contributed by atoms with Crippen molar-refractivity contribution in [2.75, 3.05) is 0 Å². The highest BCUT2D eigenvalue weighted by atomic mass is 16.5. The zero-order valence-electron chi connectivity index (χ0n) is 11.5. The van der Waals surface area contributed by atoms with Crippen LogP contribution in [0.4, 0.5) is 0 Å². The molecule has 1 aliphatic carbocycles. The Hall–Kier alpha value is -0.860. The summed E-state index contributed by atoms with van der Waals surface area (Å²) >= 11 is 0. The number of aliphatic hydroxyl groups is 1. The number of benzene rings is 1. The summed E-state index contributed by atoms with van der Waals surface area (Å²) in [7, 11) is 0. The van der Waals surface area contributed by atoms with Gasteiger partial charge in [-0.1, -0.05) is 49.6 Å². The standard InChI is InChI=1S/C17H24O2/c18-15-11-16(13-7-3-1-4-8-13)19-17(12-15)14-9-5-2-6-10-14/h1,3-4,7-8,14-18H,2,5-6,9-12H2/t15-,16-,17+/m1/s1. The molecule has 0 bridgehead atoms. The number of hydrogen-bond donors (Lipinski definition) is 1. The van der Waals surface area contributed by atoms with Crippen molar-refractivity contribution in [2.24, 2.45) is 5.92 Å². The van der Waals surface area contributed by atoms with Gasteiger partial charge >= 0.3 is 0 Å². The highest BCUT2D eigenvalue weighted by Gasteiger charge is 2.34. The second kappa shape index (κ2) is 6.06. The Labute approximate surface area is 115 Å². The molecule has 2 nitrogen and oxygen atoms in total. The maximum Gasteiger partial charge on any atom is 0.0853 e. The van der Waals surface area contributed by atoms with Gasteiger partial charge in [0.15, 0.2) is 0 Å². The molecule has 1 heterocycles. The second-order valence-corrected chi connectivity index (χ2v) is 6.10. The molecular weight excluding hydrogens is 236 g/mol. The molecule has 1 aliphatic heterocycles. The van der Waals surface area contributed by atoms with Gasteiger partial charge in [0.25, 0.3) is 0 Å². The average Bonchev–Trinajstić information content (AvgIpc) is 2.48. The van der Waals surface area contributed by atoms with Crippen molar-refractivity contribution in [2.45, 2.75) is 63.3 Å². The maximum atomic E-state index is 10.2. The molecule has 2 aliphatic rings. The van der Waals surface area contributed by atoms with Crippen molar-refractivity contribution >= 4 is 0 Å². The third-order valence-electron chi connectivity index (χ3n) is 4.68. The van der Waals surface area contributed by atoms with E-state index in [2.05, 4.69) is 24.3 Å². The molecule has 1 aromatic carbocycles. The molecule has 3 atom stereocenters. The van der Waals surface area contributed by atoms with Crippen molar-refractivity contribution < 1.29 is 9.84 Å². The van der Waals surface area contributed by atoms with E-state index < -0.39 is 0 Å². The fourth-order valence-electron chi connectivity index (χ4n) is 3.63. The zero-order valence-corrected chi connectivity index (χ0v) is 11.5. The fourth-order valence-corrected chi connectivity index (χ4v) is 3.63. The van der Waals surface area contributed by atoms with Gasteiger partial charge in [-0.3, -0.25) is 0 Å². The van der Waals surface area contributed by atoms with Crippen molar-refractivity contribution in [1.82, 2.24) is 0 Å². The lowest BCUT2D eigenvalue weighted by atomic mass is 9.81. The van der Waals surface area contributed by atoms with Crippen LogP contribution in [0, 0.1) is 5.92 Å². The first kappa shape index (κ1) is 13.1. The molecule has 1 N–H and O–H groups in total. The molecule has 1 saturated carbocycles. The predicted molar refractivity (Wildman–Crippen MR) is 75.9 cm³/mol. The normalized spacial score (nSPS) is 33.2. The molecule has 0 aromatic heterocycles. The highest BCUT2D eigenvalue weighted by Crippen LogP contribution is 2.38. The lowest BCUT2D eigenvalue weighted by Gasteiger charge is -2.39. The van der Waals surface area contributed by atoms with Gasteiger partial charge in [-0.05, 0) is 30.7 Å². The Balaban J connectivity index is 1.70. The van der Waals surface area contributed by atoms with Crippen molar-refractivity contribution in [3.05, 3.63) is 35.9 Å². The number of rotatable bonds is 2. The molecule has 0 spiro atoms. The average molecular weight is 260 g/mol. The summed E-state index contributed by atoms with van der Waals surface area (Å²) in [5.74, 6) is 0.662. The van der Waals surface area contributed by atoms with Crippen LogP contribution in [0.25, 0.3) is 0 Å². The molecule has 3 rings (SSSR count). The van der Waals surface area contributed by atoms with E-state index in [1.807, 2.05) is 6.07 Å². The van der Waals surface area contributed by atoms with E-state index in [9.17, 15) is 5.11 Å². The molecule has 0 amide bonds. The molecule has 1 saturated heterocycles. The predicted octanol–water partition coefficient (Wildman–Crippen LogP) is 3.85. The van der Waals surface area contributed by atoms with E-state index >= 15 is 0 Å². The van der Waals surface area contributed by atoms with Crippen LogP contribution in [-0.2, 0) is 4.74 Å². The summed E-state index contributed by atoms with van der Waals surface area (Å²) in [6, 6.07) is 10.4. The largest absolute Gasteiger partial charge is 0.393 e. The lowest BCUT2D eigenvalue weighted by Crippen LogP contribution is -2.37. The fraction of sp³-hybridized carbons (Fsp3) is 0.647. The van der Waals surface area contributed by atoms with Crippen molar-refractivity contribution in [1.29, 1.82) is 0 Å². The lowest BCUT2D eigenvalue weighted by molar-refractivity contribution is -0.124. The first-order valence-electron chi connectivity index (χ1n) is 7.71. The highest BCUT2D eigenvalue weighted by molar-refractivity contribution is 5.18. The van der Waals surface area contributed by atoms with Crippen LogP contribution in [0.5, 0.6) is 0 Å². The quantitative estimate of drug-likeness (QED) is 0.875. The third kappa shape index (κ3) is 3.18.